The summed E-state index contributed by atoms with van der Waals surface area (Å²) in [5, 5.41) is 13.3. The molecule has 0 aromatic carbocycles. The van der Waals surface area contributed by atoms with Crippen molar-refractivity contribution in [3.05, 3.63) is 20.8 Å². The third-order valence-corrected chi connectivity index (χ3v) is 5.75. The smallest absolute Gasteiger partial charge is 0.0934 e. The van der Waals surface area contributed by atoms with Crippen molar-refractivity contribution in [2.24, 2.45) is 5.92 Å². The molecule has 0 amide bonds. The van der Waals surface area contributed by atoms with Gasteiger partial charge in [0, 0.05) is 23.6 Å². The quantitative estimate of drug-likeness (QED) is 0.890. The third-order valence-electron chi connectivity index (χ3n) is 4.41. The van der Waals surface area contributed by atoms with Crippen molar-refractivity contribution < 1.29 is 5.11 Å². The standard InChI is InChI=1S/C14H20ClNOS/c15-14-7-10-12(5-6-13(10)18-14)16-11-4-2-1-3-9(11)8-17/h7,9,11-12,16-17H,1-6,8H2. The summed E-state index contributed by atoms with van der Waals surface area (Å²) in [5.41, 5.74) is 1.41. The number of thiophene rings is 1. The van der Waals surface area contributed by atoms with E-state index in [0.717, 1.165) is 17.2 Å². The molecule has 3 rings (SSSR count). The van der Waals surface area contributed by atoms with Gasteiger partial charge in [0.2, 0.25) is 0 Å². The van der Waals surface area contributed by atoms with Gasteiger partial charge in [-0.1, -0.05) is 24.4 Å². The van der Waals surface area contributed by atoms with E-state index in [1.54, 1.807) is 11.3 Å². The van der Waals surface area contributed by atoms with E-state index in [1.807, 2.05) is 0 Å². The first-order chi connectivity index (χ1) is 8.78. The Morgan fingerprint density at radius 3 is 3.00 bits per heavy atom. The molecule has 0 saturated heterocycles. The topological polar surface area (TPSA) is 32.3 Å². The molecule has 1 saturated carbocycles. The molecule has 18 heavy (non-hydrogen) atoms. The fourth-order valence-corrected chi connectivity index (χ4v) is 4.76. The van der Waals surface area contributed by atoms with E-state index in [1.165, 1.54) is 36.1 Å². The van der Waals surface area contributed by atoms with Crippen molar-refractivity contribution >= 4 is 22.9 Å². The minimum absolute atomic E-state index is 0.321. The minimum atomic E-state index is 0.321. The van der Waals surface area contributed by atoms with Crippen molar-refractivity contribution in [1.82, 2.24) is 5.32 Å². The third kappa shape index (κ3) is 2.46. The molecule has 0 aliphatic heterocycles. The zero-order valence-corrected chi connectivity index (χ0v) is 12.1. The van der Waals surface area contributed by atoms with E-state index < -0.39 is 0 Å². The molecule has 100 valence electrons. The summed E-state index contributed by atoms with van der Waals surface area (Å²) >= 11 is 7.82. The lowest BCUT2D eigenvalue weighted by Crippen LogP contribution is -2.41. The molecule has 0 spiro atoms. The van der Waals surface area contributed by atoms with Crippen molar-refractivity contribution in [3.63, 3.8) is 0 Å². The van der Waals surface area contributed by atoms with Gasteiger partial charge in [-0.15, -0.1) is 11.3 Å². The van der Waals surface area contributed by atoms with Crippen molar-refractivity contribution in [3.8, 4) is 0 Å². The summed E-state index contributed by atoms with van der Waals surface area (Å²) in [6.45, 7) is 0.321. The fraction of sp³-hybridized carbons (Fsp3) is 0.714. The van der Waals surface area contributed by atoms with E-state index in [4.69, 9.17) is 11.6 Å². The Labute approximate surface area is 117 Å². The maximum Gasteiger partial charge on any atom is 0.0934 e. The maximum absolute atomic E-state index is 9.48. The zero-order chi connectivity index (χ0) is 12.5. The normalized spacial score (nSPS) is 31.6. The Morgan fingerprint density at radius 2 is 2.17 bits per heavy atom. The molecule has 1 fully saturated rings. The van der Waals surface area contributed by atoms with Crippen LogP contribution in [0.1, 0.15) is 48.6 Å². The Balaban J connectivity index is 1.69. The van der Waals surface area contributed by atoms with Crippen LogP contribution in [-0.4, -0.2) is 17.8 Å². The molecule has 2 N–H and O–H groups in total. The Bertz CT molecular complexity index is 420. The molecule has 1 aromatic rings. The van der Waals surface area contributed by atoms with Crippen LogP contribution in [-0.2, 0) is 6.42 Å². The number of aryl methyl sites for hydroxylation is 1. The van der Waals surface area contributed by atoms with Gasteiger partial charge in [0.15, 0.2) is 0 Å². The van der Waals surface area contributed by atoms with Crippen LogP contribution in [0, 0.1) is 5.92 Å². The molecule has 1 aromatic heterocycles. The average Bonchev–Trinajstić information content (AvgIpc) is 2.91. The summed E-state index contributed by atoms with van der Waals surface area (Å²) in [6, 6.07) is 3.07. The predicted octanol–water partition coefficient (Wildman–Crippen LogP) is 3.53. The Morgan fingerprint density at radius 1 is 1.33 bits per heavy atom. The highest BCUT2D eigenvalue weighted by Gasteiger charge is 2.31. The lowest BCUT2D eigenvalue weighted by molar-refractivity contribution is 0.146. The van der Waals surface area contributed by atoms with E-state index >= 15 is 0 Å². The Hall–Kier alpha value is -0.0900. The number of fused-ring (bicyclic) bond motifs is 1. The van der Waals surface area contributed by atoms with Crippen LogP contribution in [0.2, 0.25) is 4.34 Å². The number of halogens is 1. The summed E-state index contributed by atoms with van der Waals surface area (Å²) < 4.78 is 0.911. The zero-order valence-electron chi connectivity index (χ0n) is 10.5. The van der Waals surface area contributed by atoms with Crippen LogP contribution in [0.3, 0.4) is 0 Å². The predicted molar refractivity (Wildman–Crippen MR) is 76.4 cm³/mol. The highest BCUT2D eigenvalue weighted by Crippen LogP contribution is 2.40. The summed E-state index contributed by atoms with van der Waals surface area (Å²) in [6.07, 6.45) is 7.27. The molecule has 2 nitrogen and oxygen atoms in total. The van der Waals surface area contributed by atoms with Gasteiger partial charge in [0.1, 0.15) is 0 Å². The number of hydrogen-bond acceptors (Lipinski definition) is 3. The van der Waals surface area contributed by atoms with Gasteiger partial charge >= 0.3 is 0 Å². The van der Waals surface area contributed by atoms with Crippen LogP contribution in [0.5, 0.6) is 0 Å². The summed E-state index contributed by atoms with van der Waals surface area (Å²) in [7, 11) is 0. The monoisotopic (exact) mass is 285 g/mol. The number of rotatable bonds is 3. The van der Waals surface area contributed by atoms with Crippen molar-refractivity contribution in [1.29, 1.82) is 0 Å². The molecular weight excluding hydrogens is 266 g/mol. The van der Waals surface area contributed by atoms with Crippen LogP contribution < -0.4 is 5.32 Å². The lowest BCUT2D eigenvalue weighted by Gasteiger charge is -2.33. The SMILES string of the molecule is OCC1CCCCC1NC1CCc2sc(Cl)cc21. The number of aliphatic hydroxyl groups is 1. The second-order valence-electron chi connectivity index (χ2n) is 5.52. The van der Waals surface area contributed by atoms with Gasteiger partial charge in [0.05, 0.1) is 4.34 Å². The molecule has 2 aliphatic rings. The molecule has 4 heteroatoms. The van der Waals surface area contributed by atoms with E-state index in [2.05, 4.69) is 11.4 Å². The van der Waals surface area contributed by atoms with Crippen LogP contribution >= 0.6 is 22.9 Å². The second kappa shape index (κ2) is 5.49. The molecule has 1 heterocycles. The molecule has 2 aliphatic carbocycles. The number of hydrogen-bond donors (Lipinski definition) is 2. The van der Waals surface area contributed by atoms with E-state index in [0.29, 0.717) is 24.6 Å². The van der Waals surface area contributed by atoms with Gasteiger partial charge in [-0.3, -0.25) is 0 Å². The highest BCUT2D eigenvalue weighted by atomic mass is 35.5. The van der Waals surface area contributed by atoms with Crippen molar-refractivity contribution in [2.45, 2.75) is 50.6 Å². The summed E-state index contributed by atoms with van der Waals surface area (Å²) in [5.74, 6) is 0.442. The van der Waals surface area contributed by atoms with Crippen LogP contribution in [0.15, 0.2) is 6.07 Å². The summed E-state index contributed by atoms with van der Waals surface area (Å²) in [4.78, 5) is 1.45. The minimum Gasteiger partial charge on any atom is -0.396 e. The molecule has 3 unspecified atom stereocenters. The van der Waals surface area contributed by atoms with E-state index in [9.17, 15) is 5.11 Å². The van der Waals surface area contributed by atoms with Gasteiger partial charge in [-0.2, -0.15) is 0 Å². The van der Waals surface area contributed by atoms with Crippen LogP contribution in [0.4, 0.5) is 0 Å². The number of aliphatic hydroxyl groups excluding tert-OH is 1. The largest absolute Gasteiger partial charge is 0.396 e. The van der Waals surface area contributed by atoms with Gasteiger partial charge in [-0.05, 0) is 43.2 Å². The average molecular weight is 286 g/mol. The van der Waals surface area contributed by atoms with Gasteiger partial charge in [0.25, 0.3) is 0 Å². The van der Waals surface area contributed by atoms with Gasteiger partial charge < -0.3 is 10.4 Å². The second-order valence-corrected chi connectivity index (χ2v) is 7.29. The highest BCUT2D eigenvalue weighted by molar-refractivity contribution is 7.16. The maximum atomic E-state index is 9.48. The first-order valence-electron chi connectivity index (χ1n) is 6.93. The van der Waals surface area contributed by atoms with E-state index in [-0.39, 0.29) is 0 Å². The molecule has 0 bridgehead atoms. The Kier molecular flexibility index (Phi) is 3.94. The molecule has 3 atom stereocenters. The first kappa shape index (κ1) is 12.9. The first-order valence-corrected chi connectivity index (χ1v) is 8.12. The fourth-order valence-electron chi connectivity index (χ4n) is 3.41. The molecule has 0 radical (unpaired) electrons. The number of nitrogens with one attached hydrogen (secondary N) is 1. The lowest BCUT2D eigenvalue weighted by atomic mass is 9.84. The molecular formula is C14H20ClNOS. The van der Waals surface area contributed by atoms with Crippen LogP contribution in [0.25, 0.3) is 0 Å². The van der Waals surface area contributed by atoms with Crippen molar-refractivity contribution in [2.75, 3.05) is 6.61 Å². The van der Waals surface area contributed by atoms with Gasteiger partial charge in [-0.25, -0.2) is 0 Å².